The molecule has 3 aliphatic heterocycles. The number of aromatic nitrogens is 4. The summed E-state index contributed by atoms with van der Waals surface area (Å²) in [6, 6.07) is 13.8. The summed E-state index contributed by atoms with van der Waals surface area (Å²) in [7, 11) is -14.6. The number of benzene rings is 3. The number of ether oxygens (including phenoxy) is 9. The van der Waals surface area contributed by atoms with Crippen molar-refractivity contribution < 1.29 is 137 Å². The molecule has 4 aromatic rings. The van der Waals surface area contributed by atoms with E-state index in [4.69, 9.17) is 85.0 Å². The Labute approximate surface area is 620 Å². The number of hydrogen-bond acceptors (Lipinski definition) is 31. The van der Waals surface area contributed by atoms with Crippen LogP contribution in [0.3, 0.4) is 0 Å². The number of phenols is 1. The van der Waals surface area contributed by atoms with E-state index in [-0.39, 0.29) is 143 Å². The van der Waals surface area contributed by atoms with E-state index in [9.17, 15) is 77.3 Å². The van der Waals surface area contributed by atoms with Crippen molar-refractivity contribution in [3.05, 3.63) is 137 Å². The third-order valence-corrected chi connectivity index (χ3v) is 19.0. The average Bonchev–Trinajstić information content (AvgIpc) is 1.07. The molecule has 40 nitrogen and oxygen atoms in total. The number of nitrogens with one attached hydrogen (secondary N) is 3. The number of rotatable bonds is 51. The highest BCUT2D eigenvalue weighted by Gasteiger charge is 2.44. The van der Waals surface area contributed by atoms with E-state index in [1.807, 2.05) is 0 Å². The molecule has 5 heterocycles. The molecule has 4 aliphatic rings. The first-order chi connectivity index (χ1) is 52.3. The highest BCUT2D eigenvalue weighted by atomic mass is 31.2. The van der Waals surface area contributed by atoms with Crippen LogP contribution in [-0.2, 0) is 88.3 Å². The molecule has 2 fully saturated rings. The number of unbranched alkanes of at least 4 members (excludes halogenated alkanes) is 3. The van der Waals surface area contributed by atoms with Gasteiger partial charge < -0.3 is 98.5 Å². The first-order valence-electron chi connectivity index (χ1n) is 34.3. The molecule has 0 saturated carbocycles. The molecule has 2 saturated heterocycles. The summed E-state index contributed by atoms with van der Waals surface area (Å²) in [5.74, 6) is -2.36. The van der Waals surface area contributed by atoms with Gasteiger partial charge in [-0.3, -0.25) is 60.4 Å². The van der Waals surface area contributed by atoms with Crippen molar-refractivity contribution in [2.24, 2.45) is 0 Å². The monoisotopic (exact) mass is 1600 g/mol. The molecular weight excluding hydrogens is 1510 g/mol. The zero-order valence-corrected chi connectivity index (χ0v) is 61.5. The topological polar surface area (TPSA) is 553 Å². The van der Waals surface area contributed by atoms with Gasteiger partial charge in [-0.15, -0.1) is 0 Å². The number of carbonyl (C=O) groups is 3. The molecule has 2 aromatic carbocycles. The van der Waals surface area contributed by atoms with E-state index in [2.05, 4.69) is 20.6 Å². The Hall–Kier alpha value is -7.67. The fourth-order valence-electron chi connectivity index (χ4n) is 10.8. The minimum absolute atomic E-state index is 0.0153. The molecule has 43 heteroatoms. The SMILES string of the molecule is Nc1ccn([C@H]2C[C@@H](O)[C@@H](COP(=O)(O)OCCOCCOCCOP(=O)(O)O[C@@H]3C[C@H](n4cc(/C=C/C(=O)NCCCCCCNC(=O)c5ccc(C(=O)O)c(-c6c7ccc(=O)cc-7oc7cc(O)ccc67)c5)c(=O)[nH]c4=O)O[C@@H]3COP(=O)(O)OCCOCCOCCOCCOCCOCCO)O2)c(=O)n1. The van der Waals surface area contributed by atoms with Crippen molar-refractivity contribution in [3.63, 3.8) is 0 Å². The summed E-state index contributed by atoms with van der Waals surface area (Å²) in [6.45, 7) is -1.03. The van der Waals surface area contributed by atoms with Crippen molar-refractivity contribution in [2.75, 3.05) is 151 Å². The zero-order valence-electron chi connectivity index (χ0n) is 58.9. The van der Waals surface area contributed by atoms with Crippen molar-refractivity contribution in [2.45, 2.75) is 75.4 Å². The van der Waals surface area contributed by atoms with Gasteiger partial charge in [0, 0.05) is 78.6 Å². The van der Waals surface area contributed by atoms with Crippen LogP contribution in [0.5, 0.6) is 5.75 Å². The fourth-order valence-corrected chi connectivity index (χ4v) is 13.2. The van der Waals surface area contributed by atoms with Gasteiger partial charge in [-0.2, -0.15) is 4.98 Å². The lowest BCUT2D eigenvalue weighted by Crippen LogP contribution is -2.33. The van der Waals surface area contributed by atoms with Gasteiger partial charge in [0.15, 0.2) is 5.43 Å². The first-order valence-corrected chi connectivity index (χ1v) is 38.8. The molecule has 3 unspecified atom stereocenters. The van der Waals surface area contributed by atoms with Crippen LogP contribution in [0.2, 0.25) is 0 Å². The predicted molar refractivity (Wildman–Crippen MR) is 380 cm³/mol. The van der Waals surface area contributed by atoms with E-state index >= 15 is 0 Å². The fraction of sp³-hybridized carbons (Fsp3) is 0.515. The van der Waals surface area contributed by atoms with Crippen molar-refractivity contribution >= 4 is 64.1 Å². The van der Waals surface area contributed by atoms with Crippen LogP contribution in [0.4, 0.5) is 5.82 Å². The zero-order chi connectivity index (χ0) is 78.4. The number of H-pyrrole nitrogens is 1. The average molecular weight is 1600 g/mol. The lowest BCUT2D eigenvalue weighted by atomic mass is 9.89. The Kier molecular flexibility index (Phi) is 34.9. The largest absolute Gasteiger partial charge is 0.508 e. The predicted octanol–water partition coefficient (Wildman–Crippen LogP) is 2.59. The number of phosphoric acid groups is 3. The lowest BCUT2D eigenvalue weighted by Gasteiger charge is -2.22. The smallest absolute Gasteiger partial charge is 0.472 e. The number of carbonyl (C=O) groups excluding carboxylic acids is 2. The maximum atomic E-state index is 13.5. The third kappa shape index (κ3) is 28.6. The van der Waals surface area contributed by atoms with Crippen molar-refractivity contribution in [1.82, 2.24) is 29.7 Å². The van der Waals surface area contributed by atoms with Gasteiger partial charge >= 0.3 is 40.8 Å². The number of fused-ring (bicyclic) bond motifs is 2. The summed E-state index contributed by atoms with van der Waals surface area (Å²) >= 11 is 0. The molecule has 1 aliphatic carbocycles. The van der Waals surface area contributed by atoms with E-state index in [0.29, 0.717) is 68.6 Å². The summed E-state index contributed by atoms with van der Waals surface area (Å²) in [6.07, 6.45) is -1.32. The van der Waals surface area contributed by atoms with Crippen molar-refractivity contribution in [3.8, 4) is 28.2 Å². The molecule has 2 amide bonds. The number of phenolic OH excluding ortho intramolecular Hbond substituents is 1. The Balaban J connectivity index is 0.766. The van der Waals surface area contributed by atoms with Crippen LogP contribution in [0.15, 0.2) is 103 Å². The normalized spacial score (nSPS) is 19.0. The second kappa shape index (κ2) is 43.8. The van der Waals surface area contributed by atoms with Crippen LogP contribution >= 0.6 is 23.5 Å². The summed E-state index contributed by atoms with van der Waals surface area (Å²) < 4.78 is 126. The number of nitrogen functional groups attached to an aromatic ring is 1. The third-order valence-electron chi connectivity index (χ3n) is 16.0. The van der Waals surface area contributed by atoms with Crippen LogP contribution in [0, 0.1) is 0 Å². The number of aromatic hydroxyl groups is 1. The second-order valence-corrected chi connectivity index (χ2v) is 28.2. The van der Waals surface area contributed by atoms with Gasteiger partial charge in [0.2, 0.25) is 5.91 Å². The number of aliphatic hydroxyl groups excluding tert-OH is 2. The second-order valence-electron chi connectivity index (χ2n) is 23.9. The minimum atomic E-state index is -5.07. The minimum Gasteiger partial charge on any atom is -0.508 e. The quantitative estimate of drug-likeness (QED) is 0.0113. The highest BCUT2D eigenvalue weighted by molar-refractivity contribution is 7.48. The number of aliphatic hydroxyl groups is 2. The maximum Gasteiger partial charge on any atom is 0.472 e. The standard InChI is InChI=1S/C66H88N7O33P3/c67-57-13-16-72(65(83)70-57)59-38-51(77)55(104-59)41-101-107(85,86)98-32-29-96-27-28-97-31-34-100-109(89,90)106-54-39-60(105-56(54)42-102-108(87,88)99-33-30-95-26-25-94-24-23-93-22-21-92-20-19-91-18-17-74)73-40-44(63(80)71-66(73)84)6-12-58(78)68-14-3-1-2-4-15-69-62(79)43-5-9-47(64(81)82)50(35-43)61-48-10-7-45(75)36-52(48)103-53-37-46(76)8-11-49(53)61/h5-13,16,35-37,40,51,54-56,59-60,74-75,77H,1-4,14-15,17-34,38-39,41-42H2,(H,68,78)(H,69,79)(H,81,82)(H,85,86)(H,87,88)(H,89,90)(H2,67,70,83)(H,71,80,84)/b12-6+/t51-,54-,55-,56-,59-,60-/m1/s1. The number of nitrogens with two attached hydrogens (primary N) is 1. The van der Waals surface area contributed by atoms with Gasteiger partial charge in [-0.1, -0.05) is 12.8 Å². The number of carboxylic acids is 1. The number of anilines is 1. The Morgan fingerprint density at radius 3 is 1.79 bits per heavy atom. The number of hydrogen-bond donors (Lipinski definition) is 11. The number of nitrogens with zero attached hydrogens (tertiary/aromatic N) is 3. The summed E-state index contributed by atoms with van der Waals surface area (Å²) in [5.41, 5.74) is 3.45. The molecule has 0 bridgehead atoms. The molecule has 109 heavy (non-hydrogen) atoms. The molecule has 0 spiro atoms. The maximum absolute atomic E-state index is 13.5. The van der Waals surface area contributed by atoms with E-state index in [1.54, 1.807) is 6.07 Å². The Morgan fingerprint density at radius 1 is 0.633 bits per heavy atom. The Bertz CT molecular complexity index is 4350. The van der Waals surface area contributed by atoms with Gasteiger partial charge in [-0.25, -0.2) is 28.1 Å². The molecule has 9 atom stereocenters. The number of phosphoric ester groups is 3. The van der Waals surface area contributed by atoms with Crippen LogP contribution < -0.4 is 38.7 Å². The number of aromatic carboxylic acids is 1. The van der Waals surface area contributed by atoms with Crippen LogP contribution in [-0.4, -0.2) is 242 Å². The van der Waals surface area contributed by atoms with Crippen molar-refractivity contribution in [1.29, 1.82) is 0 Å². The molecule has 600 valence electrons. The van der Waals surface area contributed by atoms with E-state index < -0.39 is 135 Å². The molecular formula is C66H88N7O33P3. The van der Waals surface area contributed by atoms with Gasteiger partial charge in [-0.05, 0) is 73.0 Å². The van der Waals surface area contributed by atoms with Crippen LogP contribution in [0.25, 0.3) is 39.5 Å². The molecule has 12 N–H and O–H groups in total. The van der Waals surface area contributed by atoms with Gasteiger partial charge in [0.25, 0.3) is 11.5 Å². The lowest BCUT2D eigenvalue weighted by molar-refractivity contribution is -0.116. The van der Waals surface area contributed by atoms with E-state index in [0.717, 1.165) is 27.5 Å². The van der Waals surface area contributed by atoms with Crippen LogP contribution in [0.1, 0.15) is 77.3 Å². The molecule has 8 rings (SSSR count). The number of carboxylic acid groups (broad SMARTS) is 1. The number of amides is 2. The molecule has 2 aromatic heterocycles. The highest BCUT2D eigenvalue weighted by Crippen LogP contribution is 2.50. The van der Waals surface area contributed by atoms with Gasteiger partial charge in [0.1, 0.15) is 53.7 Å². The number of aromatic amines is 1. The Morgan fingerprint density at radius 2 is 1.19 bits per heavy atom. The molecule has 0 radical (unpaired) electrons. The summed E-state index contributed by atoms with van der Waals surface area (Å²) in [4.78, 5) is 127. The summed E-state index contributed by atoms with van der Waals surface area (Å²) in [5, 5.41) is 45.5. The first kappa shape index (κ1) is 86.9. The van der Waals surface area contributed by atoms with E-state index in [1.165, 1.54) is 60.8 Å². The van der Waals surface area contributed by atoms with Gasteiger partial charge in [0.05, 0.1) is 149 Å².